The number of nitrogen functional groups attached to an aromatic ring is 1. The molecule has 1 amide bonds. The molecule has 0 atom stereocenters. The summed E-state index contributed by atoms with van der Waals surface area (Å²) < 4.78 is 5.34. The van der Waals surface area contributed by atoms with Crippen LogP contribution in [0.5, 0.6) is 0 Å². The van der Waals surface area contributed by atoms with Crippen LogP contribution in [-0.2, 0) is 31.0 Å². The Morgan fingerprint density at radius 3 is 2.59 bits per heavy atom. The number of ether oxygens (including phenoxy) is 1. The van der Waals surface area contributed by atoms with Gasteiger partial charge in [0.05, 0.1) is 19.7 Å². The molecule has 2 aromatic carbocycles. The Balaban J connectivity index is 1.68. The Morgan fingerprint density at radius 1 is 1.14 bits per heavy atom. The maximum Gasteiger partial charge on any atom is 0.410 e. The van der Waals surface area contributed by atoms with Gasteiger partial charge in [0.25, 0.3) is 0 Å². The number of anilines is 1. The molecular formula is C17H18N2O3. The lowest BCUT2D eigenvalue weighted by Crippen LogP contribution is -2.26. The molecule has 1 aliphatic rings. The Hall–Kier alpha value is -2.53. The minimum absolute atomic E-state index is 0.0600. The van der Waals surface area contributed by atoms with Gasteiger partial charge in [-0.25, -0.2) is 4.79 Å². The number of nitrogens with two attached hydrogens (primary N) is 1. The third kappa shape index (κ3) is 2.76. The molecule has 5 nitrogen and oxygen atoms in total. The quantitative estimate of drug-likeness (QED) is 0.853. The van der Waals surface area contributed by atoms with Gasteiger partial charge in [0, 0.05) is 5.69 Å². The zero-order valence-electron chi connectivity index (χ0n) is 12.2. The van der Waals surface area contributed by atoms with Crippen LogP contribution >= 0.6 is 0 Å². The summed E-state index contributed by atoms with van der Waals surface area (Å²) in [6.45, 7) is 1.02. The number of carbonyl (C=O) groups excluding carboxylic acids is 1. The average molecular weight is 298 g/mol. The van der Waals surface area contributed by atoms with Gasteiger partial charge < -0.3 is 15.6 Å². The molecule has 3 N–H and O–H groups in total. The third-order valence-electron chi connectivity index (χ3n) is 3.90. The number of aliphatic hydroxyl groups excluding tert-OH is 1. The monoisotopic (exact) mass is 298 g/mol. The van der Waals surface area contributed by atoms with Crippen LogP contribution < -0.4 is 5.73 Å². The van der Waals surface area contributed by atoms with E-state index in [1.54, 1.807) is 17.0 Å². The molecule has 0 radical (unpaired) electrons. The molecule has 0 fully saturated rings. The second-order valence-corrected chi connectivity index (χ2v) is 5.33. The van der Waals surface area contributed by atoms with Gasteiger partial charge in [-0.1, -0.05) is 36.4 Å². The summed E-state index contributed by atoms with van der Waals surface area (Å²) >= 11 is 0. The number of carbonyl (C=O) groups is 1. The highest BCUT2D eigenvalue weighted by Gasteiger charge is 2.27. The number of hydrogen-bond acceptors (Lipinski definition) is 4. The number of fused-ring (bicyclic) bond motifs is 1. The predicted molar refractivity (Wildman–Crippen MR) is 82.7 cm³/mol. The predicted octanol–water partition coefficient (Wildman–Crippen LogP) is 2.41. The number of hydrogen-bond donors (Lipinski definition) is 2. The average Bonchev–Trinajstić information content (AvgIpc) is 3.00. The van der Waals surface area contributed by atoms with Gasteiger partial charge in [-0.3, -0.25) is 4.90 Å². The molecule has 3 rings (SSSR count). The van der Waals surface area contributed by atoms with E-state index in [2.05, 4.69) is 0 Å². The molecule has 0 aromatic heterocycles. The molecule has 0 saturated heterocycles. The summed E-state index contributed by atoms with van der Waals surface area (Å²) in [7, 11) is 0. The summed E-state index contributed by atoms with van der Waals surface area (Å²) in [5.41, 5.74) is 10.2. The summed E-state index contributed by atoms with van der Waals surface area (Å²) in [6, 6.07) is 13.1. The SMILES string of the molecule is Nc1ccc(CO)c2c1CN(C(=O)OCc1ccccc1)C2. The minimum Gasteiger partial charge on any atom is -0.445 e. The van der Waals surface area contributed by atoms with E-state index in [0.717, 1.165) is 22.3 Å². The lowest BCUT2D eigenvalue weighted by Gasteiger charge is -2.15. The standard InChI is InChI=1S/C17H18N2O3/c18-16-7-6-13(10-20)14-8-19(9-15(14)16)17(21)22-11-12-4-2-1-3-5-12/h1-7,20H,8-11,18H2. The summed E-state index contributed by atoms with van der Waals surface area (Å²) in [6.07, 6.45) is -0.372. The molecule has 2 aromatic rings. The van der Waals surface area contributed by atoms with Crippen molar-refractivity contribution in [3.63, 3.8) is 0 Å². The van der Waals surface area contributed by atoms with E-state index in [4.69, 9.17) is 10.5 Å². The molecule has 1 aliphatic heterocycles. The fourth-order valence-corrected chi connectivity index (χ4v) is 2.67. The first-order chi connectivity index (χ1) is 10.7. The number of benzene rings is 2. The first kappa shape index (κ1) is 14.4. The van der Waals surface area contributed by atoms with Crippen LogP contribution in [0.25, 0.3) is 0 Å². The van der Waals surface area contributed by atoms with Crippen LogP contribution in [0, 0.1) is 0 Å². The van der Waals surface area contributed by atoms with Gasteiger partial charge in [-0.2, -0.15) is 0 Å². The Morgan fingerprint density at radius 2 is 1.86 bits per heavy atom. The molecule has 22 heavy (non-hydrogen) atoms. The number of amides is 1. The van der Waals surface area contributed by atoms with Crippen LogP contribution in [0.3, 0.4) is 0 Å². The van der Waals surface area contributed by atoms with Crippen LogP contribution in [0.1, 0.15) is 22.3 Å². The van der Waals surface area contributed by atoms with Gasteiger partial charge in [0.2, 0.25) is 0 Å². The van der Waals surface area contributed by atoms with Crippen LogP contribution in [0.2, 0.25) is 0 Å². The van der Waals surface area contributed by atoms with Crippen molar-refractivity contribution in [3.05, 3.63) is 64.7 Å². The zero-order chi connectivity index (χ0) is 15.5. The van der Waals surface area contributed by atoms with Gasteiger partial charge in [-0.05, 0) is 28.3 Å². The molecule has 0 unspecified atom stereocenters. The maximum atomic E-state index is 12.2. The van der Waals surface area contributed by atoms with Gasteiger partial charge in [0.15, 0.2) is 0 Å². The number of aliphatic hydroxyl groups is 1. The van der Waals surface area contributed by atoms with Crippen molar-refractivity contribution in [3.8, 4) is 0 Å². The van der Waals surface area contributed by atoms with Gasteiger partial charge >= 0.3 is 6.09 Å². The van der Waals surface area contributed by atoms with E-state index in [-0.39, 0.29) is 19.3 Å². The van der Waals surface area contributed by atoms with Crippen molar-refractivity contribution >= 4 is 11.8 Å². The topological polar surface area (TPSA) is 75.8 Å². The molecular weight excluding hydrogens is 280 g/mol. The Labute approximate surface area is 128 Å². The molecule has 5 heteroatoms. The van der Waals surface area contributed by atoms with Crippen molar-refractivity contribution in [2.24, 2.45) is 0 Å². The Bertz CT molecular complexity index is 686. The summed E-state index contributed by atoms with van der Waals surface area (Å²) in [5, 5.41) is 9.39. The molecule has 0 saturated carbocycles. The zero-order valence-corrected chi connectivity index (χ0v) is 12.2. The molecule has 0 aliphatic carbocycles. The fraction of sp³-hybridized carbons (Fsp3) is 0.235. The second-order valence-electron chi connectivity index (χ2n) is 5.33. The van der Waals surface area contributed by atoms with E-state index in [9.17, 15) is 9.90 Å². The first-order valence-corrected chi connectivity index (χ1v) is 7.14. The second kappa shape index (κ2) is 6.07. The number of nitrogens with zero attached hydrogens (tertiary/aromatic N) is 1. The molecule has 114 valence electrons. The largest absolute Gasteiger partial charge is 0.445 e. The van der Waals surface area contributed by atoms with Crippen molar-refractivity contribution in [1.82, 2.24) is 4.90 Å². The highest BCUT2D eigenvalue weighted by Crippen LogP contribution is 2.31. The van der Waals surface area contributed by atoms with E-state index in [1.807, 2.05) is 30.3 Å². The van der Waals surface area contributed by atoms with Gasteiger partial charge in [0.1, 0.15) is 6.61 Å². The third-order valence-corrected chi connectivity index (χ3v) is 3.90. The van der Waals surface area contributed by atoms with Crippen molar-refractivity contribution in [2.45, 2.75) is 26.3 Å². The van der Waals surface area contributed by atoms with E-state index >= 15 is 0 Å². The maximum absolute atomic E-state index is 12.2. The minimum atomic E-state index is -0.372. The smallest absolute Gasteiger partial charge is 0.410 e. The first-order valence-electron chi connectivity index (χ1n) is 7.14. The van der Waals surface area contributed by atoms with Crippen LogP contribution in [-0.4, -0.2) is 16.1 Å². The molecule has 0 bridgehead atoms. The normalized spacial score (nSPS) is 13.0. The van der Waals surface area contributed by atoms with E-state index in [1.165, 1.54) is 0 Å². The van der Waals surface area contributed by atoms with Crippen molar-refractivity contribution < 1.29 is 14.6 Å². The van der Waals surface area contributed by atoms with Crippen molar-refractivity contribution in [2.75, 3.05) is 5.73 Å². The van der Waals surface area contributed by atoms with Crippen LogP contribution in [0.4, 0.5) is 10.5 Å². The van der Waals surface area contributed by atoms with E-state index < -0.39 is 0 Å². The Kier molecular flexibility index (Phi) is 3.98. The summed E-state index contributed by atoms with van der Waals surface area (Å²) in [5.74, 6) is 0. The highest BCUT2D eigenvalue weighted by molar-refractivity contribution is 5.70. The lowest BCUT2D eigenvalue weighted by atomic mass is 10.0. The van der Waals surface area contributed by atoms with Gasteiger partial charge in [-0.15, -0.1) is 0 Å². The number of rotatable bonds is 3. The molecule has 0 spiro atoms. The lowest BCUT2D eigenvalue weighted by molar-refractivity contribution is 0.0954. The fourth-order valence-electron chi connectivity index (χ4n) is 2.67. The van der Waals surface area contributed by atoms with Crippen molar-refractivity contribution in [1.29, 1.82) is 0 Å². The van der Waals surface area contributed by atoms with E-state index in [0.29, 0.717) is 18.8 Å². The van der Waals surface area contributed by atoms with Crippen LogP contribution in [0.15, 0.2) is 42.5 Å². The summed E-state index contributed by atoms with van der Waals surface area (Å²) in [4.78, 5) is 13.8. The molecule has 1 heterocycles. The highest BCUT2D eigenvalue weighted by atomic mass is 16.6.